The minimum atomic E-state index is 0.619. The van der Waals surface area contributed by atoms with Crippen molar-refractivity contribution in [2.24, 2.45) is 23.7 Å². The van der Waals surface area contributed by atoms with E-state index in [1.807, 2.05) is 0 Å². The molecule has 1 nitrogen and oxygen atoms in total. The number of hydrogen-bond acceptors (Lipinski definition) is 1. The zero-order valence-corrected chi connectivity index (χ0v) is 13.4. The van der Waals surface area contributed by atoms with E-state index in [1.54, 1.807) is 0 Å². The molecule has 0 spiro atoms. The van der Waals surface area contributed by atoms with E-state index < -0.39 is 0 Å². The molecular formula is C16H35N. The summed E-state index contributed by atoms with van der Waals surface area (Å²) in [4.78, 5) is 0. The molecule has 104 valence electrons. The monoisotopic (exact) mass is 241 g/mol. The fraction of sp³-hybridized carbons (Fsp3) is 1.00. The highest BCUT2D eigenvalue weighted by Gasteiger charge is 2.22. The summed E-state index contributed by atoms with van der Waals surface area (Å²) in [6.45, 7) is 18.7. The molecule has 0 aromatic carbocycles. The van der Waals surface area contributed by atoms with Gasteiger partial charge in [-0.3, -0.25) is 0 Å². The second-order valence-electron chi connectivity index (χ2n) is 6.88. The molecule has 0 aromatic heterocycles. The second-order valence-corrected chi connectivity index (χ2v) is 6.88. The van der Waals surface area contributed by atoms with Gasteiger partial charge < -0.3 is 5.32 Å². The summed E-state index contributed by atoms with van der Waals surface area (Å²) >= 11 is 0. The molecule has 0 aromatic rings. The largest absolute Gasteiger partial charge is 0.311 e. The van der Waals surface area contributed by atoms with Crippen molar-refractivity contribution in [1.29, 1.82) is 0 Å². The van der Waals surface area contributed by atoms with Crippen LogP contribution in [0.2, 0.25) is 0 Å². The molecule has 0 saturated carbocycles. The Morgan fingerprint density at radius 3 is 1.59 bits per heavy atom. The van der Waals surface area contributed by atoms with E-state index >= 15 is 0 Å². The molecule has 0 bridgehead atoms. The molecule has 1 N–H and O–H groups in total. The van der Waals surface area contributed by atoms with Gasteiger partial charge in [-0.05, 0) is 43.4 Å². The van der Waals surface area contributed by atoms with Crippen molar-refractivity contribution in [1.82, 2.24) is 5.32 Å². The average Bonchev–Trinajstić information content (AvgIpc) is 2.22. The molecule has 1 heteroatoms. The topological polar surface area (TPSA) is 12.0 Å². The molecule has 0 heterocycles. The third-order valence-electron chi connectivity index (χ3n) is 4.22. The van der Waals surface area contributed by atoms with Gasteiger partial charge in [-0.25, -0.2) is 0 Å². The Hall–Kier alpha value is -0.0400. The summed E-state index contributed by atoms with van der Waals surface area (Å²) in [6, 6.07) is 1.29. The van der Waals surface area contributed by atoms with Crippen LogP contribution in [-0.2, 0) is 0 Å². The molecule has 3 atom stereocenters. The van der Waals surface area contributed by atoms with Crippen molar-refractivity contribution in [3.63, 3.8) is 0 Å². The van der Waals surface area contributed by atoms with Crippen molar-refractivity contribution in [2.45, 2.75) is 80.3 Å². The lowest BCUT2D eigenvalue weighted by molar-refractivity contribution is 0.239. The Balaban J connectivity index is 4.39. The third-order valence-corrected chi connectivity index (χ3v) is 4.22. The molecule has 0 amide bonds. The molecule has 0 aliphatic rings. The first-order valence-corrected chi connectivity index (χ1v) is 7.51. The lowest BCUT2D eigenvalue weighted by Gasteiger charge is -2.32. The van der Waals surface area contributed by atoms with Gasteiger partial charge in [0, 0.05) is 12.1 Å². The molecule has 17 heavy (non-hydrogen) atoms. The zero-order chi connectivity index (χ0) is 13.6. The van der Waals surface area contributed by atoms with Crippen LogP contribution in [0.3, 0.4) is 0 Å². The van der Waals surface area contributed by atoms with E-state index in [-0.39, 0.29) is 0 Å². The van der Waals surface area contributed by atoms with E-state index in [1.165, 1.54) is 12.8 Å². The van der Waals surface area contributed by atoms with Crippen molar-refractivity contribution >= 4 is 0 Å². The van der Waals surface area contributed by atoms with E-state index in [0.717, 1.165) is 23.7 Å². The van der Waals surface area contributed by atoms with Gasteiger partial charge in [-0.2, -0.15) is 0 Å². The first-order chi connectivity index (χ1) is 7.75. The van der Waals surface area contributed by atoms with Gasteiger partial charge in [0.1, 0.15) is 0 Å². The normalized spacial score (nSPS) is 17.8. The third kappa shape index (κ3) is 7.08. The maximum atomic E-state index is 3.85. The average molecular weight is 241 g/mol. The van der Waals surface area contributed by atoms with Crippen molar-refractivity contribution in [2.75, 3.05) is 0 Å². The zero-order valence-electron chi connectivity index (χ0n) is 13.4. The lowest BCUT2D eigenvalue weighted by Crippen LogP contribution is -2.44. The van der Waals surface area contributed by atoms with Gasteiger partial charge in [0.05, 0.1) is 0 Å². The summed E-state index contributed by atoms with van der Waals surface area (Å²) in [6.07, 6.45) is 2.65. The lowest BCUT2D eigenvalue weighted by atomic mass is 9.85. The molecule has 0 aliphatic carbocycles. The van der Waals surface area contributed by atoms with Crippen LogP contribution in [0, 0.1) is 23.7 Å². The Kier molecular flexibility index (Phi) is 8.11. The van der Waals surface area contributed by atoms with Gasteiger partial charge in [0.15, 0.2) is 0 Å². The fourth-order valence-corrected chi connectivity index (χ4v) is 2.01. The van der Waals surface area contributed by atoms with Crippen LogP contribution in [0.15, 0.2) is 0 Å². The van der Waals surface area contributed by atoms with Crippen LogP contribution in [0.25, 0.3) is 0 Å². The molecule has 0 aliphatic heterocycles. The first-order valence-electron chi connectivity index (χ1n) is 7.51. The Morgan fingerprint density at radius 1 is 0.706 bits per heavy atom. The van der Waals surface area contributed by atoms with Crippen LogP contribution in [-0.4, -0.2) is 12.1 Å². The van der Waals surface area contributed by atoms with E-state index in [4.69, 9.17) is 0 Å². The summed E-state index contributed by atoms with van der Waals surface area (Å²) in [5.41, 5.74) is 0. The van der Waals surface area contributed by atoms with Crippen molar-refractivity contribution in [3.05, 3.63) is 0 Å². The fourth-order valence-electron chi connectivity index (χ4n) is 2.01. The Morgan fingerprint density at radius 2 is 1.24 bits per heavy atom. The van der Waals surface area contributed by atoms with Crippen molar-refractivity contribution < 1.29 is 0 Å². The quantitative estimate of drug-likeness (QED) is 0.648. The van der Waals surface area contributed by atoms with E-state index in [9.17, 15) is 0 Å². The van der Waals surface area contributed by atoms with Crippen LogP contribution < -0.4 is 5.32 Å². The van der Waals surface area contributed by atoms with Gasteiger partial charge in [0.2, 0.25) is 0 Å². The van der Waals surface area contributed by atoms with Gasteiger partial charge in [-0.1, -0.05) is 48.5 Å². The van der Waals surface area contributed by atoms with Crippen molar-refractivity contribution in [3.8, 4) is 0 Å². The second kappa shape index (κ2) is 8.13. The number of nitrogens with one attached hydrogen (secondary N) is 1. The maximum absolute atomic E-state index is 3.85. The maximum Gasteiger partial charge on any atom is 0.00978 e. The Labute approximate surface area is 110 Å². The highest BCUT2D eigenvalue weighted by Crippen LogP contribution is 2.21. The minimum absolute atomic E-state index is 0.619. The summed E-state index contributed by atoms with van der Waals surface area (Å²) < 4.78 is 0. The molecular weight excluding hydrogens is 206 g/mol. The molecule has 0 fully saturated rings. The highest BCUT2D eigenvalue weighted by molar-refractivity contribution is 4.80. The predicted molar refractivity (Wildman–Crippen MR) is 79.3 cm³/mol. The van der Waals surface area contributed by atoms with Crippen LogP contribution in [0.1, 0.15) is 68.2 Å². The number of hydrogen-bond donors (Lipinski definition) is 1. The van der Waals surface area contributed by atoms with Crippen LogP contribution in [0.4, 0.5) is 0 Å². The SMILES string of the molecule is CC(C)CCC(NC(C)C(C)C)C(C)C(C)C. The summed E-state index contributed by atoms with van der Waals surface area (Å²) in [7, 11) is 0. The minimum Gasteiger partial charge on any atom is -0.311 e. The first kappa shape index (κ1) is 17.0. The summed E-state index contributed by atoms with van der Waals surface area (Å²) in [5, 5.41) is 3.85. The van der Waals surface area contributed by atoms with Gasteiger partial charge in [0.25, 0.3) is 0 Å². The molecule has 0 radical (unpaired) electrons. The molecule has 0 saturated heterocycles. The Bertz CT molecular complexity index is 184. The van der Waals surface area contributed by atoms with Crippen LogP contribution >= 0.6 is 0 Å². The molecule has 3 unspecified atom stereocenters. The smallest absolute Gasteiger partial charge is 0.00978 e. The standard InChI is InChI=1S/C16H35N/c1-11(2)9-10-16(14(7)12(3)4)17-15(8)13(5)6/h11-17H,9-10H2,1-8H3. The van der Waals surface area contributed by atoms with E-state index in [0.29, 0.717) is 12.1 Å². The van der Waals surface area contributed by atoms with Gasteiger partial charge >= 0.3 is 0 Å². The predicted octanol–water partition coefficient (Wildman–Crippen LogP) is 4.72. The summed E-state index contributed by atoms with van der Waals surface area (Å²) in [5.74, 6) is 3.05. The van der Waals surface area contributed by atoms with Gasteiger partial charge in [-0.15, -0.1) is 0 Å². The molecule has 0 rings (SSSR count). The van der Waals surface area contributed by atoms with Crippen LogP contribution in [0.5, 0.6) is 0 Å². The number of rotatable bonds is 8. The van der Waals surface area contributed by atoms with E-state index in [2.05, 4.69) is 60.7 Å². The highest BCUT2D eigenvalue weighted by atomic mass is 15.0.